The van der Waals surface area contributed by atoms with Gasteiger partial charge in [0.05, 0.1) is 23.0 Å². The summed E-state index contributed by atoms with van der Waals surface area (Å²) >= 11 is 0. The van der Waals surface area contributed by atoms with Crippen LogP contribution in [0.25, 0.3) is 17.2 Å². The monoisotopic (exact) mass is 413 g/mol. The van der Waals surface area contributed by atoms with Gasteiger partial charge in [-0.3, -0.25) is 9.20 Å². The molecular formula is C23H23N7O. The van der Waals surface area contributed by atoms with E-state index in [4.69, 9.17) is 15.7 Å². The maximum atomic E-state index is 11.8. The molecule has 4 aromatic rings. The molecule has 0 bridgehead atoms. The molecule has 0 fully saturated rings. The van der Waals surface area contributed by atoms with Crippen molar-refractivity contribution in [2.24, 2.45) is 5.73 Å². The highest BCUT2D eigenvalue weighted by Crippen LogP contribution is 2.26. The van der Waals surface area contributed by atoms with Crippen LogP contribution < -0.4 is 16.4 Å². The predicted molar refractivity (Wildman–Crippen MR) is 119 cm³/mol. The van der Waals surface area contributed by atoms with E-state index >= 15 is 0 Å². The van der Waals surface area contributed by atoms with E-state index in [1.807, 2.05) is 28.8 Å². The Hall–Kier alpha value is -3.78. The number of hydrogen-bond donors (Lipinski definition) is 3. The minimum absolute atomic E-state index is 0.419. The zero-order chi connectivity index (χ0) is 21.2. The molecule has 1 amide bonds. The number of aromatic nitrogens is 4. The molecule has 8 nitrogen and oxygen atoms in total. The Labute approximate surface area is 179 Å². The highest BCUT2D eigenvalue weighted by atomic mass is 16.1. The molecule has 0 radical (unpaired) electrons. The summed E-state index contributed by atoms with van der Waals surface area (Å²) in [5.41, 5.74) is 9.88. The van der Waals surface area contributed by atoms with Crippen molar-refractivity contribution in [1.29, 1.82) is 0 Å². The van der Waals surface area contributed by atoms with Crippen LogP contribution in [-0.2, 0) is 19.5 Å². The maximum absolute atomic E-state index is 11.8. The number of imidazole rings is 1. The number of hydrogen-bond acceptors (Lipinski definition) is 6. The van der Waals surface area contributed by atoms with Crippen molar-refractivity contribution in [3.8, 4) is 11.6 Å². The average molecular weight is 413 g/mol. The van der Waals surface area contributed by atoms with E-state index in [0.717, 1.165) is 43.0 Å². The molecule has 1 aliphatic heterocycles. The Morgan fingerprint density at radius 3 is 2.87 bits per heavy atom. The maximum Gasteiger partial charge on any atom is 0.250 e. The van der Waals surface area contributed by atoms with Crippen molar-refractivity contribution < 1.29 is 4.79 Å². The van der Waals surface area contributed by atoms with Gasteiger partial charge in [0, 0.05) is 24.8 Å². The third-order valence-electron chi connectivity index (χ3n) is 5.50. The van der Waals surface area contributed by atoms with E-state index < -0.39 is 5.91 Å². The second-order valence-corrected chi connectivity index (χ2v) is 7.56. The van der Waals surface area contributed by atoms with Gasteiger partial charge in [-0.25, -0.2) is 15.0 Å². The quantitative estimate of drug-likeness (QED) is 0.464. The molecule has 0 saturated heterocycles. The summed E-state index contributed by atoms with van der Waals surface area (Å²) in [6.45, 7) is 2.33. The third-order valence-corrected chi connectivity index (χ3v) is 5.50. The number of benzene rings is 1. The predicted octanol–water partition coefficient (Wildman–Crippen LogP) is 2.54. The van der Waals surface area contributed by atoms with Gasteiger partial charge in [-0.15, -0.1) is 0 Å². The second-order valence-electron chi connectivity index (χ2n) is 7.56. The first-order chi connectivity index (χ1) is 15.2. The number of aryl methyl sites for hydroxylation is 1. The fourth-order valence-electron chi connectivity index (χ4n) is 3.94. The van der Waals surface area contributed by atoms with Crippen LogP contribution in [0.15, 0.2) is 54.9 Å². The Morgan fingerprint density at radius 1 is 1.16 bits per heavy atom. The smallest absolute Gasteiger partial charge is 0.250 e. The largest absolute Gasteiger partial charge is 0.366 e. The number of primary amides is 1. The number of carbonyl (C=O) groups is 1. The van der Waals surface area contributed by atoms with Crippen molar-refractivity contribution >= 4 is 17.2 Å². The van der Waals surface area contributed by atoms with Crippen LogP contribution in [0.3, 0.4) is 0 Å². The SMILES string of the molecule is NC(=O)c1cccn2c(-c3nc4c(c(NCc5ccccc5)n3)CNCCC4)ncc12. The van der Waals surface area contributed by atoms with Crippen molar-refractivity contribution in [1.82, 2.24) is 24.7 Å². The number of nitrogens with two attached hydrogens (primary N) is 1. The second kappa shape index (κ2) is 8.16. The lowest BCUT2D eigenvalue weighted by Gasteiger charge is -2.15. The van der Waals surface area contributed by atoms with E-state index in [-0.39, 0.29) is 0 Å². The van der Waals surface area contributed by atoms with Gasteiger partial charge >= 0.3 is 0 Å². The topological polar surface area (TPSA) is 110 Å². The van der Waals surface area contributed by atoms with Gasteiger partial charge in [0.15, 0.2) is 11.6 Å². The first-order valence-electron chi connectivity index (χ1n) is 10.4. The van der Waals surface area contributed by atoms with Crippen LogP contribution in [0.4, 0.5) is 5.82 Å². The Kier molecular flexibility index (Phi) is 5.05. The number of nitrogens with one attached hydrogen (secondary N) is 2. The molecule has 3 aromatic heterocycles. The van der Waals surface area contributed by atoms with Crippen LogP contribution in [-0.4, -0.2) is 31.8 Å². The highest BCUT2D eigenvalue weighted by molar-refractivity contribution is 5.99. The van der Waals surface area contributed by atoms with Crippen molar-refractivity contribution in [3.05, 3.63) is 77.2 Å². The highest BCUT2D eigenvalue weighted by Gasteiger charge is 2.20. The lowest BCUT2D eigenvalue weighted by atomic mass is 10.1. The number of anilines is 1. The number of amides is 1. The van der Waals surface area contributed by atoms with Gasteiger partial charge in [0.2, 0.25) is 0 Å². The van der Waals surface area contributed by atoms with E-state index in [1.165, 1.54) is 5.56 Å². The molecule has 8 heteroatoms. The van der Waals surface area contributed by atoms with Crippen LogP contribution in [0.1, 0.15) is 33.6 Å². The number of rotatable bonds is 5. The van der Waals surface area contributed by atoms with Gasteiger partial charge in [-0.2, -0.15) is 0 Å². The number of pyridine rings is 1. The summed E-state index contributed by atoms with van der Waals surface area (Å²) in [4.78, 5) is 26.0. The zero-order valence-corrected chi connectivity index (χ0v) is 17.0. The molecule has 0 spiro atoms. The van der Waals surface area contributed by atoms with E-state index in [9.17, 15) is 4.79 Å². The Morgan fingerprint density at radius 2 is 2.03 bits per heavy atom. The normalized spacial score (nSPS) is 13.5. The minimum Gasteiger partial charge on any atom is -0.366 e. The van der Waals surface area contributed by atoms with E-state index in [1.54, 1.807) is 18.3 Å². The molecule has 31 heavy (non-hydrogen) atoms. The van der Waals surface area contributed by atoms with Crippen molar-refractivity contribution in [3.63, 3.8) is 0 Å². The first-order valence-corrected chi connectivity index (χ1v) is 10.4. The molecule has 5 rings (SSSR count). The van der Waals surface area contributed by atoms with Gasteiger partial charge in [0.1, 0.15) is 5.82 Å². The lowest BCUT2D eigenvalue weighted by molar-refractivity contribution is 0.100. The molecular weight excluding hydrogens is 390 g/mol. The molecule has 0 aliphatic carbocycles. The first kappa shape index (κ1) is 19.2. The number of fused-ring (bicyclic) bond motifs is 2. The molecule has 0 atom stereocenters. The van der Waals surface area contributed by atoms with Gasteiger partial charge in [0.25, 0.3) is 5.91 Å². The zero-order valence-electron chi connectivity index (χ0n) is 17.0. The van der Waals surface area contributed by atoms with Crippen LogP contribution >= 0.6 is 0 Å². The summed E-state index contributed by atoms with van der Waals surface area (Å²) in [7, 11) is 0. The average Bonchev–Trinajstić information content (AvgIpc) is 3.08. The van der Waals surface area contributed by atoms with Gasteiger partial charge < -0.3 is 16.4 Å². The molecule has 4 heterocycles. The fourth-order valence-corrected chi connectivity index (χ4v) is 3.94. The van der Waals surface area contributed by atoms with Crippen molar-refractivity contribution in [2.75, 3.05) is 11.9 Å². The molecule has 1 aliphatic rings. The lowest BCUT2D eigenvalue weighted by Crippen LogP contribution is -2.16. The van der Waals surface area contributed by atoms with Crippen LogP contribution in [0, 0.1) is 0 Å². The Balaban J connectivity index is 1.59. The summed E-state index contributed by atoms with van der Waals surface area (Å²) in [6.07, 6.45) is 5.37. The van der Waals surface area contributed by atoms with Gasteiger partial charge in [-0.05, 0) is 37.1 Å². The van der Waals surface area contributed by atoms with E-state index in [0.29, 0.717) is 29.3 Å². The molecule has 1 aromatic carbocycles. The number of nitrogens with zero attached hydrogens (tertiary/aromatic N) is 4. The summed E-state index contributed by atoms with van der Waals surface area (Å²) in [6, 6.07) is 13.7. The standard InChI is InChI=1S/C23H23N7O/c24-20(31)16-8-5-11-30-19(16)14-27-23(30)22-28-18-9-4-10-25-13-17(18)21(29-22)26-12-15-6-2-1-3-7-15/h1-3,5-8,11,14,25H,4,9-10,12-13H2,(H2,24,31)(H,26,28,29). The van der Waals surface area contributed by atoms with Gasteiger partial charge in [-0.1, -0.05) is 30.3 Å². The van der Waals surface area contributed by atoms with Crippen LogP contribution in [0.5, 0.6) is 0 Å². The third kappa shape index (κ3) is 3.73. The summed E-state index contributed by atoms with van der Waals surface area (Å²) in [5.74, 6) is 1.43. The minimum atomic E-state index is -0.490. The van der Waals surface area contributed by atoms with Crippen molar-refractivity contribution in [2.45, 2.75) is 25.9 Å². The molecule has 156 valence electrons. The number of carbonyl (C=O) groups excluding carboxylic acids is 1. The summed E-state index contributed by atoms with van der Waals surface area (Å²) in [5, 5.41) is 6.95. The molecule has 0 unspecified atom stereocenters. The fraction of sp³-hybridized carbons (Fsp3) is 0.217. The van der Waals surface area contributed by atoms with Crippen LogP contribution in [0.2, 0.25) is 0 Å². The Bertz CT molecular complexity index is 1250. The summed E-state index contributed by atoms with van der Waals surface area (Å²) < 4.78 is 1.82. The molecule has 0 saturated carbocycles. The van der Waals surface area contributed by atoms with E-state index in [2.05, 4.69) is 27.8 Å². The molecule has 4 N–H and O–H groups in total.